The lowest BCUT2D eigenvalue weighted by Crippen LogP contribution is -2.51. The lowest BCUT2D eigenvalue weighted by atomic mass is 9.95. The highest BCUT2D eigenvalue weighted by Gasteiger charge is 2.49. The average molecular weight is 565 g/mol. The fourth-order valence-corrected chi connectivity index (χ4v) is 8.03. The summed E-state index contributed by atoms with van der Waals surface area (Å²) in [6.07, 6.45) is 8.04. The molecule has 210 valence electrons. The Morgan fingerprint density at radius 3 is 2.73 bits per heavy atom. The van der Waals surface area contributed by atoms with E-state index in [2.05, 4.69) is 15.1 Å². The van der Waals surface area contributed by atoms with E-state index in [9.17, 15) is 9.50 Å². The third kappa shape index (κ3) is 4.28. The molecule has 5 fully saturated rings. The van der Waals surface area contributed by atoms with Crippen molar-refractivity contribution in [3.8, 4) is 22.9 Å². The Labute approximate surface area is 237 Å². The van der Waals surface area contributed by atoms with Crippen LogP contribution < -0.4 is 15.0 Å². The second-order valence-electron chi connectivity index (χ2n) is 12.5. The minimum Gasteiger partial charge on any atom is -0.508 e. The molecule has 3 aromatic rings. The number of aromatic nitrogens is 3. The number of pyridine rings is 1. The van der Waals surface area contributed by atoms with Crippen LogP contribution in [-0.4, -0.2) is 81.5 Å². The number of aromatic hydroxyl groups is 1. The summed E-state index contributed by atoms with van der Waals surface area (Å²) in [5, 5.41) is 14.7. The van der Waals surface area contributed by atoms with Crippen molar-refractivity contribution in [2.45, 2.75) is 74.7 Å². The summed E-state index contributed by atoms with van der Waals surface area (Å²) in [4.78, 5) is 19.2. The lowest BCUT2D eigenvalue weighted by Gasteiger charge is -2.34. The standard InChI is InChI=1S/C30H34ClFN6O2/c31-24-10-22(39)9-23(26(24)17-2-3-17)18-8-25-27(33-12-18)28(37-14-20-4-5-21(15-37)34-20)36-29(35-25)40-16-30-6-1-7-38(30)13-19(32)11-30/h8-10,12,17,19-21,34,39H,1-7,11,13-16H2/t19-,20?,21?,30+/m1/s1. The molecule has 4 aliphatic heterocycles. The number of hydrogen-bond donors (Lipinski definition) is 2. The summed E-state index contributed by atoms with van der Waals surface area (Å²) < 4.78 is 20.7. The van der Waals surface area contributed by atoms with Gasteiger partial charge in [0.05, 0.1) is 11.1 Å². The van der Waals surface area contributed by atoms with Gasteiger partial charge in [0.2, 0.25) is 0 Å². The molecule has 40 heavy (non-hydrogen) atoms. The number of fused-ring (bicyclic) bond motifs is 4. The molecule has 2 unspecified atom stereocenters. The van der Waals surface area contributed by atoms with Gasteiger partial charge in [0.25, 0.3) is 0 Å². The van der Waals surface area contributed by atoms with Crippen LogP contribution in [0.1, 0.15) is 56.4 Å². The molecule has 1 saturated carbocycles. The van der Waals surface area contributed by atoms with Crippen molar-refractivity contribution in [1.29, 1.82) is 0 Å². The molecule has 4 saturated heterocycles. The Morgan fingerprint density at radius 1 is 1.10 bits per heavy atom. The molecule has 1 aliphatic carbocycles. The van der Waals surface area contributed by atoms with Crippen LogP contribution in [0, 0.1) is 0 Å². The fourth-order valence-electron chi connectivity index (χ4n) is 7.66. The topological polar surface area (TPSA) is 86.6 Å². The number of ether oxygens (including phenoxy) is 1. The van der Waals surface area contributed by atoms with Crippen molar-refractivity contribution in [3.05, 3.63) is 35.0 Å². The number of nitrogens with zero attached hydrogens (tertiary/aromatic N) is 5. The molecule has 10 heteroatoms. The third-order valence-electron chi connectivity index (χ3n) is 9.65. The van der Waals surface area contributed by atoms with Crippen molar-refractivity contribution >= 4 is 28.5 Å². The van der Waals surface area contributed by atoms with Gasteiger partial charge in [0.15, 0.2) is 5.82 Å². The maximum Gasteiger partial charge on any atom is 0.319 e. The summed E-state index contributed by atoms with van der Waals surface area (Å²) >= 11 is 6.61. The molecule has 2 aromatic heterocycles. The zero-order valence-electron chi connectivity index (χ0n) is 22.5. The molecule has 0 amide bonds. The lowest BCUT2D eigenvalue weighted by molar-refractivity contribution is 0.107. The molecule has 6 heterocycles. The van der Waals surface area contributed by atoms with E-state index in [0.29, 0.717) is 54.1 Å². The molecule has 0 spiro atoms. The first-order valence-corrected chi connectivity index (χ1v) is 15.1. The van der Waals surface area contributed by atoms with Gasteiger partial charge < -0.3 is 20.1 Å². The highest BCUT2D eigenvalue weighted by atomic mass is 35.5. The predicted molar refractivity (Wildman–Crippen MR) is 152 cm³/mol. The maximum absolute atomic E-state index is 14.4. The number of hydrogen-bond acceptors (Lipinski definition) is 8. The average Bonchev–Trinajstić information content (AvgIpc) is 3.51. The van der Waals surface area contributed by atoms with E-state index < -0.39 is 6.17 Å². The summed E-state index contributed by atoms with van der Waals surface area (Å²) in [7, 11) is 0. The van der Waals surface area contributed by atoms with Crippen LogP contribution in [0.3, 0.4) is 0 Å². The minimum absolute atomic E-state index is 0.135. The van der Waals surface area contributed by atoms with Gasteiger partial charge >= 0.3 is 6.01 Å². The molecule has 8 nitrogen and oxygen atoms in total. The van der Waals surface area contributed by atoms with Crippen LogP contribution in [0.4, 0.5) is 10.2 Å². The van der Waals surface area contributed by atoms with Crippen molar-refractivity contribution in [1.82, 2.24) is 25.2 Å². The second kappa shape index (κ2) is 9.39. The van der Waals surface area contributed by atoms with Crippen molar-refractivity contribution in [3.63, 3.8) is 0 Å². The van der Waals surface area contributed by atoms with Crippen molar-refractivity contribution < 1.29 is 14.2 Å². The Hall–Kier alpha value is -2.75. The molecule has 5 aliphatic rings. The minimum atomic E-state index is -0.810. The summed E-state index contributed by atoms with van der Waals surface area (Å²) in [6.45, 7) is 3.51. The highest BCUT2D eigenvalue weighted by Crippen LogP contribution is 2.49. The van der Waals surface area contributed by atoms with E-state index in [0.717, 1.165) is 86.2 Å². The van der Waals surface area contributed by atoms with Gasteiger partial charge in [0.1, 0.15) is 24.0 Å². The molecule has 8 rings (SSSR count). The molecule has 0 radical (unpaired) electrons. The Kier molecular flexibility index (Phi) is 5.87. The molecule has 2 N–H and O–H groups in total. The van der Waals surface area contributed by atoms with Crippen molar-refractivity contribution in [2.75, 3.05) is 37.7 Å². The molecule has 2 bridgehead atoms. The fraction of sp³-hybridized carbons (Fsp3) is 0.567. The molecule has 4 atom stereocenters. The summed E-state index contributed by atoms with van der Waals surface area (Å²) in [6, 6.07) is 6.60. The predicted octanol–water partition coefficient (Wildman–Crippen LogP) is 4.82. The zero-order chi connectivity index (χ0) is 27.0. The number of phenolic OH excluding ortho intramolecular Hbond substituents is 1. The first kappa shape index (κ1) is 25.0. The number of benzene rings is 1. The summed E-state index contributed by atoms with van der Waals surface area (Å²) in [5.74, 6) is 1.32. The monoisotopic (exact) mass is 564 g/mol. The number of anilines is 1. The van der Waals surface area contributed by atoms with E-state index in [1.54, 1.807) is 12.1 Å². The first-order valence-electron chi connectivity index (χ1n) is 14.7. The molecular weight excluding hydrogens is 531 g/mol. The zero-order valence-corrected chi connectivity index (χ0v) is 23.2. The number of piperazine rings is 1. The van der Waals surface area contributed by atoms with Crippen LogP contribution in [0.25, 0.3) is 22.2 Å². The largest absolute Gasteiger partial charge is 0.508 e. The van der Waals surface area contributed by atoms with Gasteiger partial charge in [-0.3, -0.25) is 9.88 Å². The Balaban J connectivity index is 1.20. The van der Waals surface area contributed by atoms with Crippen LogP contribution >= 0.6 is 11.6 Å². The van der Waals surface area contributed by atoms with E-state index >= 15 is 0 Å². The third-order valence-corrected chi connectivity index (χ3v) is 9.97. The SMILES string of the molecule is Oc1cc(Cl)c(C2CC2)c(-c2cnc3c(N4CC5CCC(C4)N5)nc(OC[C@@]45CCCN4C[C@H](F)C5)nc3c2)c1. The number of alkyl halides is 1. The first-order chi connectivity index (χ1) is 19.4. The van der Waals surface area contributed by atoms with Gasteiger partial charge in [-0.1, -0.05) is 11.6 Å². The Morgan fingerprint density at radius 2 is 1.93 bits per heavy atom. The maximum atomic E-state index is 14.4. The van der Waals surface area contributed by atoms with E-state index in [4.69, 9.17) is 31.3 Å². The van der Waals surface area contributed by atoms with E-state index in [1.807, 2.05) is 12.3 Å². The van der Waals surface area contributed by atoms with Gasteiger partial charge in [0, 0.05) is 54.9 Å². The number of rotatable bonds is 6. The van der Waals surface area contributed by atoms with Crippen molar-refractivity contribution in [2.24, 2.45) is 0 Å². The molecule has 1 aromatic carbocycles. The second-order valence-corrected chi connectivity index (χ2v) is 12.9. The van der Waals surface area contributed by atoms with Gasteiger partial charge in [-0.05, 0) is 80.3 Å². The van der Waals surface area contributed by atoms with E-state index in [-0.39, 0.29) is 11.3 Å². The van der Waals surface area contributed by atoms with E-state index in [1.165, 1.54) is 0 Å². The highest BCUT2D eigenvalue weighted by molar-refractivity contribution is 6.32. The van der Waals surface area contributed by atoms with Gasteiger partial charge in [-0.15, -0.1) is 0 Å². The number of nitrogens with one attached hydrogen (secondary N) is 1. The normalized spacial score (nSPS) is 29.9. The smallest absolute Gasteiger partial charge is 0.319 e. The molecular formula is C30H34ClFN6O2. The van der Waals surface area contributed by atoms with Gasteiger partial charge in [-0.25, -0.2) is 4.39 Å². The van der Waals surface area contributed by atoms with Crippen LogP contribution in [0.2, 0.25) is 5.02 Å². The van der Waals surface area contributed by atoms with Crippen LogP contribution in [0.15, 0.2) is 24.4 Å². The number of halogens is 2. The Bertz CT molecular complexity index is 1470. The van der Waals surface area contributed by atoms with Gasteiger partial charge in [-0.2, -0.15) is 9.97 Å². The number of phenols is 1. The van der Waals surface area contributed by atoms with Crippen LogP contribution in [0.5, 0.6) is 11.8 Å². The summed E-state index contributed by atoms with van der Waals surface area (Å²) in [5.41, 5.74) is 3.98. The quantitative estimate of drug-likeness (QED) is 0.440. The van der Waals surface area contributed by atoms with Crippen LogP contribution in [-0.2, 0) is 0 Å².